The van der Waals surface area contributed by atoms with Crippen LogP contribution in [0, 0.1) is 17.5 Å². The van der Waals surface area contributed by atoms with E-state index in [9.17, 15) is 18.0 Å². The van der Waals surface area contributed by atoms with Gasteiger partial charge in [0.15, 0.2) is 0 Å². The lowest BCUT2D eigenvalue weighted by Crippen LogP contribution is -2.23. The summed E-state index contributed by atoms with van der Waals surface area (Å²) in [4.78, 5) is 12.9. The molecule has 0 fully saturated rings. The Morgan fingerprint density at radius 2 is 1.52 bits per heavy atom. The van der Waals surface area contributed by atoms with E-state index in [2.05, 4.69) is 10.4 Å². The first kappa shape index (κ1) is 22.1. The number of rotatable bonds is 8. The van der Waals surface area contributed by atoms with Crippen LogP contribution in [0.1, 0.15) is 27.0 Å². The summed E-state index contributed by atoms with van der Waals surface area (Å²) in [5.41, 5.74) is 2.13. The molecule has 0 atom stereocenters. The number of halogens is 3. The zero-order valence-corrected chi connectivity index (χ0v) is 17.5. The number of benzene rings is 3. The highest BCUT2D eigenvalue weighted by Crippen LogP contribution is 2.19. The van der Waals surface area contributed by atoms with Crippen molar-refractivity contribution in [1.82, 2.24) is 15.1 Å². The van der Waals surface area contributed by atoms with Crippen LogP contribution < -0.4 is 10.1 Å². The van der Waals surface area contributed by atoms with Crippen LogP contribution in [0.3, 0.4) is 0 Å². The molecular weight excluding hydrogens is 431 g/mol. The molecule has 168 valence electrons. The first-order valence-electron chi connectivity index (χ1n) is 10.2. The highest BCUT2D eigenvalue weighted by molar-refractivity contribution is 5.96. The first-order valence-corrected chi connectivity index (χ1v) is 10.2. The Labute approximate surface area is 188 Å². The zero-order valence-electron chi connectivity index (χ0n) is 17.5. The lowest BCUT2D eigenvalue weighted by Gasteiger charge is -2.07. The van der Waals surface area contributed by atoms with Crippen LogP contribution in [0.5, 0.6) is 5.88 Å². The predicted octanol–water partition coefficient (Wildman–Crippen LogP) is 4.86. The van der Waals surface area contributed by atoms with Crippen LogP contribution in [0.25, 0.3) is 0 Å². The standard InChI is InChI=1S/C25H20F3N3O2/c26-20-9-7-17(8-10-20)13-29-24(32)23-15-31(14-18-3-1-5-21(27)11-18)30-25(23)33-16-19-4-2-6-22(28)12-19/h1-12,15H,13-14,16H2,(H,29,32). The molecular formula is C25H20F3N3O2. The lowest BCUT2D eigenvalue weighted by molar-refractivity contribution is 0.0946. The van der Waals surface area contributed by atoms with Crippen molar-refractivity contribution >= 4 is 5.91 Å². The van der Waals surface area contributed by atoms with Crippen LogP contribution in [0.15, 0.2) is 79.0 Å². The second-order valence-electron chi connectivity index (χ2n) is 7.40. The first-order chi connectivity index (χ1) is 16.0. The monoisotopic (exact) mass is 451 g/mol. The zero-order chi connectivity index (χ0) is 23.2. The van der Waals surface area contributed by atoms with E-state index in [0.717, 1.165) is 5.56 Å². The summed E-state index contributed by atoms with van der Waals surface area (Å²) in [6.07, 6.45) is 1.51. The summed E-state index contributed by atoms with van der Waals surface area (Å²) in [6, 6.07) is 17.7. The summed E-state index contributed by atoms with van der Waals surface area (Å²) in [6.45, 7) is 0.407. The van der Waals surface area contributed by atoms with E-state index in [1.54, 1.807) is 36.4 Å². The van der Waals surface area contributed by atoms with Crippen molar-refractivity contribution in [2.45, 2.75) is 19.7 Å². The largest absolute Gasteiger partial charge is 0.471 e. The van der Waals surface area contributed by atoms with Gasteiger partial charge in [-0.2, -0.15) is 0 Å². The Bertz CT molecular complexity index is 1260. The molecule has 33 heavy (non-hydrogen) atoms. The third-order valence-corrected chi connectivity index (χ3v) is 4.84. The molecule has 8 heteroatoms. The maximum atomic E-state index is 13.5. The minimum Gasteiger partial charge on any atom is -0.471 e. The molecule has 0 aliphatic heterocycles. The van der Waals surface area contributed by atoms with Crippen molar-refractivity contribution < 1.29 is 22.7 Å². The van der Waals surface area contributed by atoms with Crippen LogP contribution in [0.2, 0.25) is 0 Å². The van der Waals surface area contributed by atoms with Gasteiger partial charge in [-0.25, -0.2) is 13.2 Å². The van der Waals surface area contributed by atoms with E-state index in [-0.39, 0.29) is 42.8 Å². The predicted molar refractivity (Wildman–Crippen MR) is 116 cm³/mol. The Hall–Kier alpha value is -4.07. The number of nitrogens with zero attached hydrogens (tertiary/aromatic N) is 2. The third kappa shape index (κ3) is 6.00. The minimum atomic E-state index is -0.445. The number of carbonyl (C=O) groups excluding carboxylic acids is 1. The molecule has 0 aliphatic rings. The van der Waals surface area contributed by atoms with Gasteiger partial charge in [-0.05, 0) is 53.1 Å². The quantitative estimate of drug-likeness (QED) is 0.416. The SMILES string of the molecule is O=C(NCc1ccc(F)cc1)c1cn(Cc2cccc(F)c2)nc1OCc1cccc(F)c1. The molecule has 4 rings (SSSR count). The third-order valence-electron chi connectivity index (χ3n) is 4.84. The summed E-state index contributed by atoms with van der Waals surface area (Å²) >= 11 is 0. The Morgan fingerprint density at radius 3 is 2.21 bits per heavy atom. The molecule has 4 aromatic rings. The summed E-state index contributed by atoms with van der Waals surface area (Å²) in [7, 11) is 0. The molecule has 1 amide bonds. The number of nitrogens with one attached hydrogen (secondary N) is 1. The molecule has 3 aromatic carbocycles. The second-order valence-corrected chi connectivity index (χ2v) is 7.40. The maximum Gasteiger partial charge on any atom is 0.258 e. The van der Waals surface area contributed by atoms with Gasteiger partial charge in [0.05, 0.1) is 6.54 Å². The van der Waals surface area contributed by atoms with Gasteiger partial charge in [-0.15, -0.1) is 5.10 Å². The second kappa shape index (κ2) is 10.0. The smallest absolute Gasteiger partial charge is 0.258 e. The van der Waals surface area contributed by atoms with Crippen LogP contribution in [0.4, 0.5) is 13.2 Å². The van der Waals surface area contributed by atoms with E-state index in [1.807, 2.05) is 0 Å². The maximum absolute atomic E-state index is 13.5. The molecule has 0 saturated heterocycles. The van der Waals surface area contributed by atoms with Crippen LogP contribution >= 0.6 is 0 Å². The minimum absolute atomic E-state index is 0.00693. The average molecular weight is 451 g/mol. The molecule has 0 radical (unpaired) electrons. The molecule has 1 heterocycles. The number of ether oxygens (including phenoxy) is 1. The average Bonchev–Trinajstić information content (AvgIpc) is 3.20. The van der Waals surface area contributed by atoms with Crippen molar-refractivity contribution in [2.75, 3.05) is 0 Å². The van der Waals surface area contributed by atoms with Gasteiger partial charge in [0.2, 0.25) is 5.88 Å². The number of amides is 1. The van der Waals surface area contributed by atoms with Gasteiger partial charge in [0, 0.05) is 12.7 Å². The topological polar surface area (TPSA) is 56.2 Å². The lowest BCUT2D eigenvalue weighted by atomic mass is 10.2. The summed E-state index contributed by atoms with van der Waals surface area (Å²) in [5.74, 6) is -1.52. The van der Waals surface area contributed by atoms with Crippen molar-refractivity contribution in [3.05, 3.63) is 119 Å². The highest BCUT2D eigenvalue weighted by Gasteiger charge is 2.18. The number of aromatic nitrogens is 2. The molecule has 1 aromatic heterocycles. The molecule has 5 nitrogen and oxygen atoms in total. The molecule has 0 unspecified atom stereocenters. The van der Waals surface area contributed by atoms with Gasteiger partial charge >= 0.3 is 0 Å². The van der Waals surface area contributed by atoms with Gasteiger partial charge in [0.1, 0.15) is 29.6 Å². The Morgan fingerprint density at radius 1 is 0.848 bits per heavy atom. The van der Waals surface area contributed by atoms with Gasteiger partial charge in [0.25, 0.3) is 5.91 Å². The number of carbonyl (C=O) groups is 1. The Kier molecular flexibility index (Phi) is 6.73. The van der Waals surface area contributed by atoms with Crippen LogP contribution in [-0.2, 0) is 19.7 Å². The van der Waals surface area contributed by atoms with Crippen molar-refractivity contribution in [3.8, 4) is 5.88 Å². The van der Waals surface area contributed by atoms with Crippen molar-refractivity contribution in [1.29, 1.82) is 0 Å². The van der Waals surface area contributed by atoms with Gasteiger partial charge < -0.3 is 10.1 Å². The normalized spacial score (nSPS) is 10.8. The van der Waals surface area contributed by atoms with E-state index in [1.165, 1.54) is 47.3 Å². The summed E-state index contributed by atoms with van der Waals surface area (Å²) < 4.78 is 47.3. The van der Waals surface area contributed by atoms with E-state index in [0.29, 0.717) is 11.1 Å². The van der Waals surface area contributed by atoms with Gasteiger partial charge in [-0.1, -0.05) is 36.4 Å². The highest BCUT2D eigenvalue weighted by atomic mass is 19.1. The fourth-order valence-corrected chi connectivity index (χ4v) is 3.23. The molecule has 0 spiro atoms. The molecule has 0 saturated carbocycles. The molecule has 1 N–H and O–H groups in total. The number of hydrogen-bond donors (Lipinski definition) is 1. The van der Waals surface area contributed by atoms with Crippen molar-refractivity contribution in [2.24, 2.45) is 0 Å². The fourth-order valence-electron chi connectivity index (χ4n) is 3.23. The van der Waals surface area contributed by atoms with Crippen LogP contribution in [-0.4, -0.2) is 15.7 Å². The number of hydrogen-bond acceptors (Lipinski definition) is 3. The van der Waals surface area contributed by atoms with E-state index < -0.39 is 11.7 Å². The molecule has 0 bridgehead atoms. The summed E-state index contributed by atoms with van der Waals surface area (Å²) in [5, 5.41) is 7.08. The molecule has 0 aliphatic carbocycles. The van der Waals surface area contributed by atoms with Gasteiger partial charge in [-0.3, -0.25) is 9.48 Å². The fraction of sp³-hybridized carbons (Fsp3) is 0.120. The van der Waals surface area contributed by atoms with Crippen molar-refractivity contribution in [3.63, 3.8) is 0 Å². The van der Waals surface area contributed by atoms with E-state index in [4.69, 9.17) is 4.74 Å². The Balaban J connectivity index is 1.53. The van der Waals surface area contributed by atoms with E-state index >= 15 is 0 Å².